The van der Waals surface area contributed by atoms with Crippen molar-refractivity contribution >= 4 is 34.3 Å². The van der Waals surface area contributed by atoms with Gasteiger partial charge in [-0.1, -0.05) is 42.4 Å². The van der Waals surface area contributed by atoms with Crippen molar-refractivity contribution < 1.29 is 4.39 Å². The van der Waals surface area contributed by atoms with Crippen LogP contribution in [-0.2, 0) is 6.54 Å². The molecule has 6 heteroatoms. The van der Waals surface area contributed by atoms with E-state index < -0.39 is 0 Å². The lowest BCUT2D eigenvalue weighted by molar-refractivity contribution is 0.584. The third kappa shape index (κ3) is 3.88. The van der Waals surface area contributed by atoms with Crippen molar-refractivity contribution in [2.75, 3.05) is 0 Å². The van der Waals surface area contributed by atoms with Crippen LogP contribution in [0.3, 0.4) is 0 Å². The molecule has 0 radical (unpaired) electrons. The van der Waals surface area contributed by atoms with Crippen molar-refractivity contribution in [1.29, 1.82) is 0 Å². The minimum absolute atomic E-state index is 0.0345. The molecule has 0 saturated carbocycles. The van der Waals surface area contributed by atoms with E-state index >= 15 is 0 Å². The fourth-order valence-electron chi connectivity index (χ4n) is 2.64. The molecule has 0 aliphatic heterocycles. The summed E-state index contributed by atoms with van der Waals surface area (Å²) in [5.41, 5.74) is 1.52. The minimum Gasteiger partial charge on any atom is -0.287 e. The lowest BCUT2D eigenvalue weighted by Gasteiger charge is -2.16. The van der Waals surface area contributed by atoms with Crippen LogP contribution in [0, 0.1) is 5.82 Å². The van der Waals surface area contributed by atoms with Crippen molar-refractivity contribution in [2.45, 2.75) is 37.2 Å². The molecule has 130 valence electrons. The van der Waals surface area contributed by atoms with Gasteiger partial charge in [0.25, 0.3) is 5.56 Å². The van der Waals surface area contributed by atoms with Crippen LogP contribution in [0.4, 0.5) is 4.39 Å². The highest BCUT2D eigenvalue weighted by atomic mass is 35.5. The average molecular weight is 377 g/mol. The molecule has 1 aromatic heterocycles. The molecule has 3 nitrogen and oxygen atoms in total. The molecule has 2 aromatic carbocycles. The van der Waals surface area contributed by atoms with Gasteiger partial charge in [-0.05, 0) is 49.2 Å². The standard InChI is InChI=1S/C19H18ClFN2OS/c1-3-10-23-18(24)16-9-6-14(20)11-17(16)22-19(23)25-12(2)13-4-7-15(21)8-5-13/h4-9,11-12H,3,10H2,1-2H3/t12-/m0/s1. The van der Waals surface area contributed by atoms with Crippen LogP contribution in [0.1, 0.15) is 31.1 Å². The first-order valence-electron chi connectivity index (χ1n) is 8.12. The van der Waals surface area contributed by atoms with Crippen molar-refractivity contribution in [2.24, 2.45) is 0 Å². The maximum Gasteiger partial charge on any atom is 0.262 e. The summed E-state index contributed by atoms with van der Waals surface area (Å²) in [5, 5.41) is 1.80. The number of benzene rings is 2. The van der Waals surface area contributed by atoms with E-state index in [9.17, 15) is 9.18 Å². The van der Waals surface area contributed by atoms with Gasteiger partial charge in [0.15, 0.2) is 5.16 Å². The lowest BCUT2D eigenvalue weighted by Crippen LogP contribution is -2.23. The predicted molar refractivity (Wildman–Crippen MR) is 102 cm³/mol. The maximum atomic E-state index is 13.1. The van der Waals surface area contributed by atoms with Gasteiger partial charge in [0.2, 0.25) is 0 Å². The maximum absolute atomic E-state index is 13.1. The number of hydrogen-bond acceptors (Lipinski definition) is 3. The number of nitrogens with zero attached hydrogens (tertiary/aromatic N) is 2. The zero-order valence-electron chi connectivity index (χ0n) is 14.0. The zero-order chi connectivity index (χ0) is 18.0. The molecule has 0 N–H and O–H groups in total. The molecule has 1 heterocycles. The van der Waals surface area contributed by atoms with Crippen LogP contribution < -0.4 is 5.56 Å². The van der Waals surface area contributed by atoms with Crippen molar-refractivity contribution in [3.05, 3.63) is 69.2 Å². The Morgan fingerprint density at radius 2 is 1.96 bits per heavy atom. The van der Waals surface area contributed by atoms with Crippen LogP contribution in [0.2, 0.25) is 5.02 Å². The number of rotatable bonds is 5. The molecule has 1 atom stereocenters. The molecular weight excluding hydrogens is 359 g/mol. The van der Waals surface area contributed by atoms with E-state index in [4.69, 9.17) is 11.6 Å². The van der Waals surface area contributed by atoms with E-state index in [0.29, 0.717) is 27.6 Å². The molecular formula is C19H18ClFN2OS. The van der Waals surface area contributed by atoms with Gasteiger partial charge in [-0.15, -0.1) is 0 Å². The quantitative estimate of drug-likeness (QED) is 0.438. The normalized spacial score (nSPS) is 12.5. The third-order valence-electron chi connectivity index (χ3n) is 3.95. The van der Waals surface area contributed by atoms with Gasteiger partial charge in [0.05, 0.1) is 10.9 Å². The zero-order valence-corrected chi connectivity index (χ0v) is 15.6. The van der Waals surface area contributed by atoms with Crippen molar-refractivity contribution in [3.8, 4) is 0 Å². The number of hydrogen-bond donors (Lipinski definition) is 0. The van der Waals surface area contributed by atoms with Gasteiger partial charge in [-0.25, -0.2) is 9.37 Å². The van der Waals surface area contributed by atoms with E-state index in [2.05, 4.69) is 4.98 Å². The molecule has 0 unspecified atom stereocenters. The molecule has 25 heavy (non-hydrogen) atoms. The Morgan fingerprint density at radius 3 is 2.64 bits per heavy atom. The second kappa shape index (κ2) is 7.58. The molecule has 0 spiro atoms. The van der Waals surface area contributed by atoms with E-state index in [0.717, 1.165) is 12.0 Å². The summed E-state index contributed by atoms with van der Waals surface area (Å²) in [6.45, 7) is 4.64. The van der Waals surface area contributed by atoms with Gasteiger partial charge in [0, 0.05) is 16.8 Å². The highest BCUT2D eigenvalue weighted by molar-refractivity contribution is 7.99. The highest BCUT2D eigenvalue weighted by Crippen LogP contribution is 2.34. The molecule has 0 amide bonds. The summed E-state index contributed by atoms with van der Waals surface area (Å²) in [6.07, 6.45) is 0.833. The van der Waals surface area contributed by atoms with E-state index in [-0.39, 0.29) is 16.6 Å². The van der Waals surface area contributed by atoms with Gasteiger partial charge < -0.3 is 0 Å². The van der Waals surface area contributed by atoms with E-state index in [1.807, 2.05) is 13.8 Å². The third-order valence-corrected chi connectivity index (χ3v) is 5.33. The topological polar surface area (TPSA) is 34.9 Å². The number of aromatic nitrogens is 2. The molecule has 3 aromatic rings. The SMILES string of the molecule is CCCn1c(S[C@@H](C)c2ccc(F)cc2)nc2cc(Cl)ccc2c1=O. The van der Waals surface area contributed by atoms with Crippen molar-refractivity contribution in [1.82, 2.24) is 9.55 Å². The summed E-state index contributed by atoms with van der Waals surface area (Å²) in [5.74, 6) is -0.262. The first-order chi connectivity index (χ1) is 12.0. The summed E-state index contributed by atoms with van der Waals surface area (Å²) in [4.78, 5) is 17.5. The number of thioether (sulfide) groups is 1. The molecule has 0 saturated heterocycles. The smallest absolute Gasteiger partial charge is 0.262 e. The first kappa shape index (κ1) is 18.0. The van der Waals surface area contributed by atoms with Gasteiger partial charge in [0.1, 0.15) is 5.82 Å². The molecule has 0 aliphatic rings. The fourth-order valence-corrected chi connectivity index (χ4v) is 3.87. The highest BCUT2D eigenvalue weighted by Gasteiger charge is 2.15. The molecule has 0 bridgehead atoms. The summed E-state index contributed by atoms with van der Waals surface area (Å²) in [6, 6.07) is 11.5. The molecule has 0 aliphatic carbocycles. The second-order valence-corrected chi connectivity index (χ2v) is 7.57. The second-order valence-electron chi connectivity index (χ2n) is 5.82. The molecule has 3 rings (SSSR count). The monoisotopic (exact) mass is 376 g/mol. The average Bonchev–Trinajstić information content (AvgIpc) is 2.58. The van der Waals surface area contributed by atoms with Gasteiger partial charge in [-0.3, -0.25) is 9.36 Å². The van der Waals surface area contributed by atoms with Crippen molar-refractivity contribution in [3.63, 3.8) is 0 Å². The van der Waals surface area contributed by atoms with Crippen LogP contribution in [0.25, 0.3) is 10.9 Å². The Labute approximate surface area is 154 Å². The Morgan fingerprint density at radius 1 is 1.24 bits per heavy atom. The van der Waals surface area contributed by atoms with Crippen LogP contribution in [0.5, 0.6) is 0 Å². The Bertz CT molecular complexity index is 956. The number of halogens is 2. The Hall–Kier alpha value is -1.85. The van der Waals surface area contributed by atoms with Crippen LogP contribution in [0.15, 0.2) is 52.4 Å². The minimum atomic E-state index is -0.262. The van der Waals surface area contributed by atoms with E-state index in [1.54, 1.807) is 34.9 Å². The Balaban J connectivity index is 2.05. The van der Waals surface area contributed by atoms with Gasteiger partial charge >= 0.3 is 0 Å². The van der Waals surface area contributed by atoms with E-state index in [1.165, 1.54) is 23.9 Å². The Kier molecular flexibility index (Phi) is 5.45. The summed E-state index contributed by atoms with van der Waals surface area (Å²) in [7, 11) is 0. The summed E-state index contributed by atoms with van der Waals surface area (Å²) < 4.78 is 14.8. The molecule has 0 fully saturated rings. The number of fused-ring (bicyclic) bond motifs is 1. The fraction of sp³-hybridized carbons (Fsp3) is 0.263. The van der Waals surface area contributed by atoms with Crippen LogP contribution >= 0.6 is 23.4 Å². The predicted octanol–water partition coefficient (Wildman–Crippen LogP) is 5.45. The lowest BCUT2D eigenvalue weighted by atomic mass is 10.2. The largest absolute Gasteiger partial charge is 0.287 e. The first-order valence-corrected chi connectivity index (χ1v) is 9.37. The van der Waals surface area contributed by atoms with Gasteiger partial charge in [-0.2, -0.15) is 0 Å². The summed E-state index contributed by atoms with van der Waals surface area (Å²) >= 11 is 7.54. The van der Waals surface area contributed by atoms with Crippen LogP contribution in [-0.4, -0.2) is 9.55 Å².